The van der Waals surface area contributed by atoms with E-state index in [4.69, 9.17) is 0 Å². The Labute approximate surface area is 172 Å². The molecule has 0 spiro atoms. The molecule has 5 nitrogen and oxygen atoms in total. The minimum Gasteiger partial charge on any atom is -0.314 e. The first-order valence-electron chi connectivity index (χ1n) is 8.97. The fraction of sp³-hybridized carbons (Fsp3) is 0.350. The topological polar surface area (TPSA) is 57.7 Å². The zero-order chi connectivity index (χ0) is 20.2. The number of hydrogen-bond donors (Lipinski definition) is 0. The zero-order valence-corrected chi connectivity index (χ0v) is 17.9. The number of urea groups is 1. The summed E-state index contributed by atoms with van der Waals surface area (Å²) in [6, 6.07) is 9.22. The van der Waals surface area contributed by atoms with E-state index < -0.39 is 27.7 Å². The molecular weight excluding hydrogens is 447 g/mol. The van der Waals surface area contributed by atoms with Crippen LogP contribution < -0.4 is 4.90 Å². The Morgan fingerprint density at radius 3 is 2.36 bits per heavy atom. The monoisotopic (exact) mass is 466 g/mol. The van der Waals surface area contributed by atoms with Gasteiger partial charge in [0.2, 0.25) is 0 Å². The standard InChI is InChI=1S/C20H20BrFN2O3S/c1-12-5-13(2)7-16(6-12)24-19-11-28(26,27)10-18(19)23(20(24)25)9-14-3-4-15(21)8-17(14)22/h3-8,18-19H,9-11H2,1-2H3. The van der Waals surface area contributed by atoms with Crippen LogP contribution in [0.4, 0.5) is 14.9 Å². The van der Waals surface area contributed by atoms with Gasteiger partial charge in [-0.15, -0.1) is 0 Å². The Morgan fingerprint density at radius 1 is 1.07 bits per heavy atom. The van der Waals surface area contributed by atoms with E-state index in [0.29, 0.717) is 15.7 Å². The third-order valence-electron chi connectivity index (χ3n) is 5.32. The van der Waals surface area contributed by atoms with Crippen molar-refractivity contribution in [2.45, 2.75) is 32.5 Å². The fourth-order valence-electron chi connectivity index (χ4n) is 4.19. The van der Waals surface area contributed by atoms with Crippen LogP contribution in [-0.2, 0) is 16.4 Å². The summed E-state index contributed by atoms with van der Waals surface area (Å²) in [7, 11) is -3.27. The lowest BCUT2D eigenvalue weighted by Gasteiger charge is -2.23. The van der Waals surface area contributed by atoms with Crippen molar-refractivity contribution >= 4 is 37.5 Å². The van der Waals surface area contributed by atoms with Gasteiger partial charge in [-0.2, -0.15) is 0 Å². The molecule has 0 bridgehead atoms. The van der Waals surface area contributed by atoms with E-state index in [0.717, 1.165) is 11.1 Å². The molecule has 28 heavy (non-hydrogen) atoms. The van der Waals surface area contributed by atoms with E-state index >= 15 is 0 Å². The first-order chi connectivity index (χ1) is 13.1. The van der Waals surface area contributed by atoms with Crippen LogP contribution in [-0.4, -0.2) is 42.9 Å². The lowest BCUT2D eigenvalue weighted by Crippen LogP contribution is -2.37. The van der Waals surface area contributed by atoms with Crippen molar-refractivity contribution in [3.05, 3.63) is 63.4 Å². The number of nitrogens with zero attached hydrogens (tertiary/aromatic N) is 2. The average molecular weight is 467 g/mol. The van der Waals surface area contributed by atoms with E-state index in [1.165, 1.54) is 11.0 Å². The van der Waals surface area contributed by atoms with Gasteiger partial charge in [0.1, 0.15) is 5.82 Å². The average Bonchev–Trinajstić information content (AvgIpc) is 2.99. The molecular formula is C20H20BrFN2O3S. The zero-order valence-electron chi connectivity index (χ0n) is 15.5. The lowest BCUT2D eigenvalue weighted by atomic mass is 10.1. The second kappa shape index (κ2) is 6.84. The number of halogens is 2. The van der Waals surface area contributed by atoms with Crippen LogP contribution in [0.5, 0.6) is 0 Å². The minimum absolute atomic E-state index is 0.0376. The van der Waals surface area contributed by atoms with Gasteiger partial charge in [-0.05, 0) is 49.2 Å². The molecule has 0 aromatic heterocycles. The van der Waals surface area contributed by atoms with Crippen LogP contribution in [0.25, 0.3) is 0 Å². The predicted molar refractivity (Wildman–Crippen MR) is 110 cm³/mol. The molecule has 0 radical (unpaired) electrons. The molecule has 4 rings (SSSR count). The van der Waals surface area contributed by atoms with Gasteiger partial charge in [0.25, 0.3) is 0 Å². The maximum absolute atomic E-state index is 14.4. The SMILES string of the molecule is Cc1cc(C)cc(N2C(=O)N(Cc3ccc(Br)cc3F)C3CS(=O)(=O)CC32)c1. The third kappa shape index (κ3) is 3.43. The summed E-state index contributed by atoms with van der Waals surface area (Å²) in [4.78, 5) is 16.3. The van der Waals surface area contributed by atoms with Gasteiger partial charge >= 0.3 is 6.03 Å². The number of anilines is 1. The first kappa shape index (κ1) is 19.4. The van der Waals surface area contributed by atoms with Crippen molar-refractivity contribution in [2.24, 2.45) is 0 Å². The van der Waals surface area contributed by atoms with Gasteiger partial charge in [-0.3, -0.25) is 4.90 Å². The van der Waals surface area contributed by atoms with Gasteiger partial charge < -0.3 is 4.90 Å². The molecule has 2 amide bonds. The van der Waals surface area contributed by atoms with Crippen LogP contribution >= 0.6 is 15.9 Å². The van der Waals surface area contributed by atoms with E-state index in [-0.39, 0.29) is 24.1 Å². The van der Waals surface area contributed by atoms with Crippen molar-refractivity contribution in [1.82, 2.24) is 4.90 Å². The van der Waals surface area contributed by atoms with Crippen LogP contribution in [0.15, 0.2) is 40.9 Å². The van der Waals surface area contributed by atoms with Crippen LogP contribution in [0.3, 0.4) is 0 Å². The number of carbonyl (C=O) groups excluding carboxylic acids is 1. The van der Waals surface area contributed by atoms with E-state index in [2.05, 4.69) is 15.9 Å². The number of carbonyl (C=O) groups is 1. The maximum atomic E-state index is 14.4. The van der Waals surface area contributed by atoms with Gasteiger partial charge in [-0.25, -0.2) is 17.6 Å². The molecule has 2 aliphatic rings. The van der Waals surface area contributed by atoms with E-state index in [1.807, 2.05) is 32.0 Å². The highest BCUT2D eigenvalue weighted by Crippen LogP contribution is 2.37. The number of hydrogen-bond acceptors (Lipinski definition) is 3. The second-order valence-corrected chi connectivity index (χ2v) is 10.6. The second-order valence-electron chi connectivity index (χ2n) is 7.57. The molecule has 0 N–H and O–H groups in total. The van der Waals surface area contributed by atoms with E-state index in [9.17, 15) is 17.6 Å². The third-order valence-corrected chi connectivity index (χ3v) is 7.51. The molecule has 0 aliphatic carbocycles. The Morgan fingerprint density at radius 2 is 1.71 bits per heavy atom. The molecule has 0 saturated carbocycles. The van der Waals surface area contributed by atoms with Crippen molar-refractivity contribution in [3.8, 4) is 0 Å². The summed E-state index contributed by atoms with van der Waals surface area (Å²) >= 11 is 3.23. The molecule has 2 fully saturated rings. The molecule has 2 saturated heterocycles. The number of amides is 2. The van der Waals surface area contributed by atoms with E-state index in [1.54, 1.807) is 17.0 Å². The summed E-state index contributed by atoms with van der Waals surface area (Å²) < 4.78 is 39.6. The minimum atomic E-state index is -3.27. The first-order valence-corrected chi connectivity index (χ1v) is 11.6. The normalized spacial score (nSPS) is 23.4. The highest BCUT2D eigenvalue weighted by atomic mass is 79.9. The molecule has 2 aromatic carbocycles. The Bertz CT molecular complexity index is 1050. The molecule has 2 heterocycles. The highest BCUT2D eigenvalue weighted by molar-refractivity contribution is 9.10. The van der Waals surface area contributed by atoms with Crippen LogP contribution in [0.1, 0.15) is 16.7 Å². The lowest BCUT2D eigenvalue weighted by molar-refractivity contribution is 0.205. The fourth-order valence-corrected chi connectivity index (χ4v) is 6.47. The van der Waals surface area contributed by atoms with Crippen LogP contribution in [0.2, 0.25) is 0 Å². The van der Waals surface area contributed by atoms with Crippen molar-refractivity contribution < 1.29 is 17.6 Å². The summed E-state index contributed by atoms with van der Waals surface area (Å²) in [5, 5.41) is 0. The van der Waals surface area contributed by atoms with Crippen molar-refractivity contribution in [2.75, 3.05) is 16.4 Å². The molecule has 2 aliphatic heterocycles. The molecule has 2 aromatic rings. The Kier molecular flexibility index (Phi) is 4.74. The number of aryl methyl sites for hydroxylation is 2. The van der Waals surface area contributed by atoms with Crippen LogP contribution in [0, 0.1) is 19.7 Å². The summed E-state index contributed by atoms with van der Waals surface area (Å²) in [5.41, 5.74) is 3.05. The number of fused-ring (bicyclic) bond motifs is 1. The quantitative estimate of drug-likeness (QED) is 0.646. The molecule has 148 valence electrons. The number of sulfone groups is 1. The molecule has 2 atom stereocenters. The van der Waals surface area contributed by atoms with Gasteiger partial charge in [0.15, 0.2) is 9.84 Å². The van der Waals surface area contributed by atoms with Gasteiger partial charge in [0, 0.05) is 15.7 Å². The Hall–Kier alpha value is -1.93. The highest BCUT2D eigenvalue weighted by Gasteiger charge is 2.53. The van der Waals surface area contributed by atoms with Crippen molar-refractivity contribution in [1.29, 1.82) is 0 Å². The predicted octanol–water partition coefficient (Wildman–Crippen LogP) is 3.81. The molecule has 2 unspecified atom stereocenters. The van der Waals surface area contributed by atoms with Gasteiger partial charge in [0.05, 0.1) is 30.1 Å². The Balaban J connectivity index is 1.74. The maximum Gasteiger partial charge on any atom is 0.325 e. The summed E-state index contributed by atoms with van der Waals surface area (Å²) in [6.45, 7) is 3.92. The summed E-state index contributed by atoms with van der Waals surface area (Å²) in [5.74, 6) is -0.595. The molecule has 8 heteroatoms. The van der Waals surface area contributed by atoms with Crippen molar-refractivity contribution in [3.63, 3.8) is 0 Å². The van der Waals surface area contributed by atoms with Gasteiger partial charge in [-0.1, -0.05) is 28.1 Å². The number of rotatable bonds is 3. The largest absolute Gasteiger partial charge is 0.325 e. The smallest absolute Gasteiger partial charge is 0.314 e. The summed E-state index contributed by atoms with van der Waals surface area (Å²) in [6.07, 6.45) is 0. The number of benzene rings is 2.